The monoisotopic (exact) mass is 252 g/mol. The van der Waals surface area contributed by atoms with Gasteiger partial charge in [-0.2, -0.15) is 0 Å². The van der Waals surface area contributed by atoms with E-state index in [0.717, 1.165) is 0 Å². The molecule has 1 amide bonds. The van der Waals surface area contributed by atoms with Crippen LogP contribution in [0.1, 0.15) is 6.42 Å². The fraction of sp³-hybridized carbons (Fsp3) is 0.900. The Morgan fingerprint density at radius 1 is 1.59 bits per heavy atom. The van der Waals surface area contributed by atoms with Gasteiger partial charge in [0.1, 0.15) is 6.61 Å². The smallest absolute Gasteiger partial charge is 0.261 e. The lowest BCUT2D eigenvalue weighted by atomic mass is 10.2. The lowest BCUT2D eigenvalue weighted by Gasteiger charge is -2.26. The fourth-order valence-electron chi connectivity index (χ4n) is 1.74. The average molecular weight is 252 g/mol. The highest BCUT2D eigenvalue weighted by Gasteiger charge is 2.30. The van der Waals surface area contributed by atoms with Gasteiger partial charge >= 0.3 is 0 Å². The molecule has 0 aromatic heterocycles. The molecule has 5 nitrogen and oxygen atoms in total. The van der Waals surface area contributed by atoms with Gasteiger partial charge in [0, 0.05) is 20.1 Å². The minimum atomic E-state index is -2.51. The Hall–Kier alpha value is -0.790. The Morgan fingerprint density at radius 3 is 2.82 bits per heavy atom. The lowest BCUT2D eigenvalue weighted by molar-refractivity contribution is -0.134. The highest BCUT2D eigenvalue weighted by Crippen LogP contribution is 2.08. The van der Waals surface area contributed by atoms with Crippen LogP contribution in [0.25, 0.3) is 0 Å². The van der Waals surface area contributed by atoms with Crippen LogP contribution < -0.4 is 5.32 Å². The minimum absolute atomic E-state index is 0.0241. The zero-order chi connectivity index (χ0) is 12.8. The highest BCUT2D eigenvalue weighted by molar-refractivity contribution is 5.76. The van der Waals surface area contributed by atoms with Crippen LogP contribution >= 0.6 is 0 Å². The molecule has 17 heavy (non-hydrogen) atoms. The first-order valence-corrected chi connectivity index (χ1v) is 5.52. The van der Waals surface area contributed by atoms with Crippen molar-refractivity contribution in [3.63, 3.8) is 0 Å². The molecule has 0 aromatic rings. The number of likely N-dealkylation sites (N-methyl/N-ethyl adjacent to an activating group) is 1. The van der Waals surface area contributed by atoms with Crippen molar-refractivity contribution in [3.05, 3.63) is 0 Å². The lowest BCUT2D eigenvalue weighted by Crippen LogP contribution is -2.44. The van der Waals surface area contributed by atoms with Gasteiger partial charge in [-0.1, -0.05) is 0 Å². The summed E-state index contributed by atoms with van der Waals surface area (Å²) in [6.45, 7) is 0.333. The van der Waals surface area contributed by atoms with E-state index in [1.807, 2.05) is 0 Å². The maximum absolute atomic E-state index is 11.8. The number of hydrogen-bond acceptors (Lipinski definition) is 4. The summed E-state index contributed by atoms with van der Waals surface area (Å²) in [6.07, 6.45) is -3.04. The molecule has 0 unspecified atom stereocenters. The third kappa shape index (κ3) is 4.53. The summed E-state index contributed by atoms with van der Waals surface area (Å²) < 4.78 is 28.1. The standard InChI is InChI=1S/C10H18F2N2O3/c1-14(7-4-13-5-8(7)15)10(16)2-3-17-6-9(11)12/h7-9,13,15H,2-6H2,1H3/t7-,8-/m0/s1. The third-order valence-electron chi connectivity index (χ3n) is 2.75. The molecular formula is C10H18F2N2O3. The Balaban J connectivity index is 2.22. The molecule has 2 atom stereocenters. The molecule has 1 saturated heterocycles. The van der Waals surface area contributed by atoms with Crippen LogP contribution in [-0.4, -0.2) is 67.8 Å². The zero-order valence-corrected chi connectivity index (χ0v) is 9.73. The second kappa shape index (κ2) is 6.83. The maximum atomic E-state index is 11.8. The number of halogens is 2. The van der Waals surface area contributed by atoms with Crippen molar-refractivity contribution in [2.45, 2.75) is 25.0 Å². The number of amides is 1. The van der Waals surface area contributed by atoms with Crippen molar-refractivity contribution in [2.24, 2.45) is 0 Å². The first-order valence-electron chi connectivity index (χ1n) is 5.52. The topological polar surface area (TPSA) is 61.8 Å². The van der Waals surface area contributed by atoms with E-state index in [1.165, 1.54) is 4.90 Å². The number of rotatable bonds is 6. The Bertz CT molecular complexity index is 254. The summed E-state index contributed by atoms with van der Waals surface area (Å²) in [7, 11) is 1.59. The van der Waals surface area contributed by atoms with E-state index in [1.54, 1.807) is 7.05 Å². The van der Waals surface area contributed by atoms with E-state index in [0.29, 0.717) is 13.1 Å². The third-order valence-corrected chi connectivity index (χ3v) is 2.75. The van der Waals surface area contributed by atoms with Crippen molar-refractivity contribution in [2.75, 3.05) is 33.4 Å². The van der Waals surface area contributed by atoms with E-state index in [2.05, 4.69) is 10.1 Å². The molecule has 1 aliphatic heterocycles. The van der Waals surface area contributed by atoms with Crippen molar-refractivity contribution < 1.29 is 23.4 Å². The van der Waals surface area contributed by atoms with Gasteiger partial charge in [-0.15, -0.1) is 0 Å². The molecule has 1 fully saturated rings. The summed E-state index contributed by atoms with van der Waals surface area (Å²) in [5.74, 6) is -0.216. The molecule has 2 N–H and O–H groups in total. The predicted molar refractivity (Wildman–Crippen MR) is 56.9 cm³/mol. The van der Waals surface area contributed by atoms with Crippen molar-refractivity contribution in [3.8, 4) is 0 Å². The molecule has 100 valence electrons. The first-order chi connectivity index (χ1) is 8.02. The molecule has 0 saturated carbocycles. The van der Waals surface area contributed by atoms with Gasteiger partial charge < -0.3 is 20.1 Å². The normalized spacial score (nSPS) is 24.3. The van der Waals surface area contributed by atoms with Crippen molar-refractivity contribution in [1.82, 2.24) is 10.2 Å². The first kappa shape index (κ1) is 14.3. The molecule has 0 bridgehead atoms. The van der Waals surface area contributed by atoms with Gasteiger partial charge in [0.05, 0.1) is 25.2 Å². The number of β-amino-alcohol motifs (C(OH)–C–C–N with tert-alkyl or cyclic N) is 1. The van der Waals surface area contributed by atoms with Crippen LogP contribution in [0.4, 0.5) is 8.78 Å². The van der Waals surface area contributed by atoms with Gasteiger partial charge in [0.2, 0.25) is 5.91 Å². The number of aliphatic hydroxyl groups excluding tert-OH is 1. The van der Waals surface area contributed by atoms with E-state index in [4.69, 9.17) is 0 Å². The number of carbonyl (C=O) groups is 1. The van der Waals surface area contributed by atoms with Crippen LogP contribution in [0.15, 0.2) is 0 Å². The van der Waals surface area contributed by atoms with Gasteiger partial charge in [-0.05, 0) is 0 Å². The zero-order valence-electron chi connectivity index (χ0n) is 9.73. The molecular weight excluding hydrogens is 234 g/mol. The van der Waals surface area contributed by atoms with Crippen LogP contribution in [0.3, 0.4) is 0 Å². The highest BCUT2D eigenvalue weighted by atomic mass is 19.3. The molecule has 0 radical (unpaired) electrons. The Morgan fingerprint density at radius 2 is 2.29 bits per heavy atom. The average Bonchev–Trinajstić information content (AvgIpc) is 2.69. The molecule has 1 rings (SSSR count). The van der Waals surface area contributed by atoms with Gasteiger partial charge in [0.15, 0.2) is 0 Å². The van der Waals surface area contributed by atoms with Gasteiger partial charge in [-0.25, -0.2) is 8.78 Å². The maximum Gasteiger partial charge on any atom is 0.261 e. The van der Waals surface area contributed by atoms with Crippen LogP contribution in [-0.2, 0) is 9.53 Å². The summed E-state index contributed by atoms with van der Waals surface area (Å²) in [6, 6.07) is -0.252. The summed E-state index contributed by atoms with van der Waals surface area (Å²) >= 11 is 0. The number of aliphatic hydroxyl groups is 1. The van der Waals surface area contributed by atoms with Gasteiger partial charge in [-0.3, -0.25) is 4.79 Å². The molecule has 1 heterocycles. The second-order valence-corrected chi connectivity index (χ2v) is 4.01. The number of hydrogen-bond donors (Lipinski definition) is 2. The largest absolute Gasteiger partial charge is 0.390 e. The van der Waals surface area contributed by atoms with E-state index in [-0.39, 0.29) is 25.0 Å². The van der Waals surface area contributed by atoms with Crippen molar-refractivity contribution in [1.29, 1.82) is 0 Å². The summed E-state index contributed by atoms with van der Waals surface area (Å²) in [5, 5.41) is 12.5. The van der Waals surface area contributed by atoms with Crippen molar-refractivity contribution >= 4 is 5.91 Å². The number of alkyl halides is 2. The van der Waals surface area contributed by atoms with Crippen LogP contribution in [0.5, 0.6) is 0 Å². The minimum Gasteiger partial charge on any atom is -0.390 e. The SMILES string of the molecule is CN(C(=O)CCOCC(F)F)[C@H]1CNC[C@@H]1O. The van der Waals surface area contributed by atoms with E-state index >= 15 is 0 Å². The summed E-state index contributed by atoms with van der Waals surface area (Å²) in [5.41, 5.74) is 0. The molecule has 0 aliphatic carbocycles. The number of nitrogens with one attached hydrogen (secondary N) is 1. The number of ether oxygens (including phenoxy) is 1. The molecule has 1 aliphatic rings. The van der Waals surface area contributed by atoms with Crippen LogP contribution in [0, 0.1) is 0 Å². The molecule has 0 aromatic carbocycles. The Labute approximate surface area is 98.7 Å². The molecule has 7 heteroatoms. The molecule has 0 spiro atoms. The predicted octanol–water partition coefficient (Wildman–Crippen LogP) is -0.551. The second-order valence-electron chi connectivity index (χ2n) is 4.01. The summed E-state index contributed by atoms with van der Waals surface area (Å²) in [4.78, 5) is 13.1. The number of carbonyl (C=O) groups excluding carboxylic acids is 1. The fourth-order valence-corrected chi connectivity index (χ4v) is 1.74. The van der Waals surface area contributed by atoms with E-state index in [9.17, 15) is 18.7 Å². The quantitative estimate of drug-likeness (QED) is 0.623. The van der Waals surface area contributed by atoms with E-state index < -0.39 is 19.1 Å². The van der Waals surface area contributed by atoms with Crippen LogP contribution in [0.2, 0.25) is 0 Å². The van der Waals surface area contributed by atoms with Gasteiger partial charge in [0.25, 0.3) is 6.43 Å². The number of nitrogens with zero attached hydrogens (tertiary/aromatic N) is 1. The Kier molecular flexibility index (Phi) is 5.73.